The van der Waals surface area contributed by atoms with E-state index >= 15 is 0 Å². The summed E-state index contributed by atoms with van der Waals surface area (Å²) in [6.45, 7) is 3.69. The summed E-state index contributed by atoms with van der Waals surface area (Å²) in [6, 6.07) is 7.64. The fraction of sp³-hybridized carbons (Fsp3) is 0.467. The zero-order chi connectivity index (χ0) is 15.2. The van der Waals surface area contributed by atoms with Crippen LogP contribution in [0, 0.1) is 3.57 Å². The van der Waals surface area contributed by atoms with Crippen molar-refractivity contribution in [3.63, 3.8) is 0 Å². The molecule has 1 saturated heterocycles. The number of carbonyl (C=O) groups excluding carboxylic acids is 2. The average molecular weight is 402 g/mol. The lowest BCUT2D eigenvalue weighted by Crippen LogP contribution is -2.49. The summed E-state index contributed by atoms with van der Waals surface area (Å²) in [5.41, 5.74) is 0.741. The van der Waals surface area contributed by atoms with Crippen LogP contribution in [0.2, 0.25) is 0 Å². The van der Waals surface area contributed by atoms with E-state index in [0.29, 0.717) is 26.1 Å². The molecule has 0 aromatic heterocycles. The maximum atomic E-state index is 12.4. The topological polar surface area (TPSA) is 49.9 Å². The average Bonchev–Trinajstić information content (AvgIpc) is 2.52. The van der Waals surface area contributed by atoms with Crippen LogP contribution in [0.15, 0.2) is 24.3 Å². The Morgan fingerprint density at radius 3 is 2.57 bits per heavy atom. The van der Waals surface area contributed by atoms with Gasteiger partial charge in [0, 0.05) is 41.9 Å². The van der Waals surface area contributed by atoms with Gasteiger partial charge in [-0.3, -0.25) is 14.5 Å². The van der Waals surface area contributed by atoms with Crippen molar-refractivity contribution in [3.05, 3.63) is 33.4 Å². The molecule has 0 unspecified atom stereocenters. The summed E-state index contributed by atoms with van der Waals surface area (Å²) in [6.07, 6.45) is 0.404. The lowest BCUT2D eigenvalue weighted by molar-refractivity contribution is -0.141. The first-order valence-electron chi connectivity index (χ1n) is 6.94. The second-order valence-electron chi connectivity index (χ2n) is 4.97. The molecular formula is C15H19IN2O3. The van der Waals surface area contributed by atoms with E-state index in [2.05, 4.69) is 32.2 Å². The van der Waals surface area contributed by atoms with Gasteiger partial charge in [-0.15, -0.1) is 0 Å². The lowest BCUT2D eigenvalue weighted by Gasteiger charge is -2.34. The van der Waals surface area contributed by atoms with E-state index in [4.69, 9.17) is 0 Å². The van der Waals surface area contributed by atoms with Crippen LogP contribution in [0.1, 0.15) is 16.8 Å². The minimum Gasteiger partial charge on any atom is -0.469 e. The molecule has 1 aliphatic rings. The van der Waals surface area contributed by atoms with Crippen LogP contribution >= 0.6 is 22.6 Å². The predicted octanol–water partition coefficient (Wildman–Crippen LogP) is 1.61. The first kappa shape index (κ1) is 16.2. The molecule has 1 aromatic carbocycles. The van der Waals surface area contributed by atoms with Gasteiger partial charge >= 0.3 is 5.97 Å². The molecule has 0 N–H and O–H groups in total. The molecule has 0 bridgehead atoms. The van der Waals surface area contributed by atoms with E-state index in [0.717, 1.165) is 22.2 Å². The minimum absolute atomic E-state index is 0.0844. The first-order valence-corrected chi connectivity index (χ1v) is 8.02. The number of nitrogens with zero attached hydrogens (tertiary/aromatic N) is 2. The smallest absolute Gasteiger partial charge is 0.306 e. The third kappa shape index (κ3) is 4.67. The summed E-state index contributed by atoms with van der Waals surface area (Å²) in [4.78, 5) is 27.6. The summed E-state index contributed by atoms with van der Waals surface area (Å²) < 4.78 is 5.70. The van der Waals surface area contributed by atoms with Crippen LogP contribution < -0.4 is 0 Å². The van der Waals surface area contributed by atoms with Crippen molar-refractivity contribution in [1.82, 2.24) is 9.80 Å². The zero-order valence-electron chi connectivity index (χ0n) is 12.0. The van der Waals surface area contributed by atoms with Gasteiger partial charge in [-0.05, 0) is 40.8 Å². The molecule has 0 saturated carbocycles. The second-order valence-corrected chi connectivity index (χ2v) is 6.22. The number of hydrogen-bond acceptors (Lipinski definition) is 4. The summed E-state index contributed by atoms with van der Waals surface area (Å²) in [5, 5.41) is 0. The third-order valence-corrected chi connectivity index (χ3v) is 4.26. The number of halogens is 1. The molecule has 1 amide bonds. The molecule has 6 heteroatoms. The van der Waals surface area contributed by atoms with Gasteiger partial charge in [0.15, 0.2) is 0 Å². The minimum atomic E-state index is -0.188. The third-order valence-electron chi connectivity index (χ3n) is 3.59. The molecule has 1 heterocycles. The number of carbonyl (C=O) groups is 2. The number of rotatable bonds is 4. The number of esters is 1. The van der Waals surface area contributed by atoms with Crippen LogP contribution in [0.4, 0.5) is 0 Å². The van der Waals surface area contributed by atoms with E-state index < -0.39 is 0 Å². The number of benzene rings is 1. The number of hydrogen-bond donors (Lipinski definition) is 0. The Morgan fingerprint density at radius 1 is 1.24 bits per heavy atom. The maximum Gasteiger partial charge on any atom is 0.306 e. The van der Waals surface area contributed by atoms with Crippen molar-refractivity contribution in [2.45, 2.75) is 6.42 Å². The van der Waals surface area contributed by atoms with Crippen LogP contribution in [-0.2, 0) is 9.53 Å². The summed E-state index contributed by atoms with van der Waals surface area (Å²) in [5.74, 6) is -0.103. The normalized spacial score (nSPS) is 15.8. The predicted molar refractivity (Wildman–Crippen MR) is 88.1 cm³/mol. The van der Waals surface area contributed by atoms with Gasteiger partial charge in [0.1, 0.15) is 0 Å². The molecule has 1 aliphatic heterocycles. The Morgan fingerprint density at radius 2 is 1.95 bits per heavy atom. The van der Waals surface area contributed by atoms with Crippen molar-refractivity contribution in [1.29, 1.82) is 0 Å². The van der Waals surface area contributed by atoms with E-state index in [1.54, 1.807) is 0 Å². The molecule has 0 atom stereocenters. The molecule has 1 aromatic rings. The van der Waals surface area contributed by atoms with Crippen molar-refractivity contribution in [2.24, 2.45) is 0 Å². The van der Waals surface area contributed by atoms with Crippen molar-refractivity contribution >= 4 is 34.5 Å². The second kappa shape index (κ2) is 7.74. The van der Waals surface area contributed by atoms with Gasteiger partial charge in [0.05, 0.1) is 13.5 Å². The molecule has 21 heavy (non-hydrogen) atoms. The Balaban J connectivity index is 1.83. The standard InChI is InChI=1S/C15H19IN2O3/c1-21-14(19)5-6-17-7-9-18(10-8-17)15(20)12-3-2-4-13(16)11-12/h2-4,11H,5-10H2,1H3. The highest BCUT2D eigenvalue weighted by Crippen LogP contribution is 2.12. The number of piperazine rings is 1. The Hall–Kier alpha value is -1.15. The maximum absolute atomic E-state index is 12.4. The highest BCUT2D eigenvalue weighted by Gasteiger charge is 2.22. The van der Waals surface area contributed by atoms with Gasteiger partial charge in [0.25, 0.3) is 5.91 Å². The molecule has 0 radical (unpaired) electrons. The van der Waals surface area contributed by atoms with E-state index in [1.165, 1.54) is 7.11 Å². The fourth-order valence-electron chi connectivity index (χ4n) is 2.33. The Kier molecular flexibility index (Phi) is 5.98. The molecule has 0 aliphatic carbocycles. The van der Waals surface area contributed by atoms with Crippen LogP contribution in [0.25, 0.3) is 0 Å². The summed E-state index contributed by atoms with van der Waals surface area (Å²) >= 11 is 2.21. The van der Waals surface area contributed by atoms with Crippen LogP contribution in [0.5, 0.6) is 0 Å². The lowest BCUT2D eigenvalue weighted by atomic mass is 10.2. The number of ether oxygens (including phenoxy) is 1. The Bertz CT molecular complexity index is 513. The number of methoxy groups -OCH3 is 1. The molecule has 0 spiro atoms. The first-order chi connectivity index (χ1) is 10.1. The van der Waals surface area contributed by atoms with Gasteiger partial charge in [-0.25, -0.2) is 0 Å². The molecular weight excluding hydrogens is 383 g/mol. The molecule has 1 fully saturated rings. The van der Waals surface area contributed by atoms with Gasteiger partial charge in [0.2, 0.25) is 0 Å². The quantitative estimate of drug-likeness (QED) is 0.568. The highest BCUT2D eigenvalue weighted by molar-refractivity contribution is 14.1. The van der Waals surface area contributed by atoms with Gasteiger partial charge < -0.3 is 9.64 Å². The SMILES string of the molecule is COC(=O)CCN1CCN(C(=O)c2cccc(I)c2)CC1. The van der Waals surface area contributed by atoms with Gasteiger partial charge in [-0.1, -0.05) is 6.07 Å². The molecule has 5 nitrogen and oxygen atoms in total. The van der Waals surface area contributed by atoms with Crippen molar-refractivity contribution < 1.29 is 14.3 Å². The van der Waals surface area contributed by atoms with Gasteiger partial charge in [-0.2, -0.15) is 0 Å². The molecule has 2 rings (SSSR count). The van der Waals surface area contributed by atoms with Crippen LogP contribution in [0.3, 0.4) is 0 Å². The largest absolute Gasteiger partial charge is 0.469 e. The molecule has 114 valence electrons. The van der Waals surface area contributed by atoms with E-state index in [9.17, 15) is 9.59 Å². The highest BCUT2D eigenvalue weighted by atomic mass is 127. The van der Waals surface area contributed by atoms with E-state index in [1.807, 2.05) is 29.2 Å². The van der Waals surface area contributed by atoms with Crippen molar-refractivity contribution in [3.8, 4) is 0 Å². The Labute approximate surface area is 138 Å². The van der Waals surface area contributed by atoms with E-state index in [-0.39, 0.29) is 11.9 Å². The summed E-state index contributed by atoms with van der Waals surface area (Å²) in [7, 11) is 1.40. The monoisotopic (exact) mass is 402 g/mol. The van der Waals surface area contributed by atoms with Crippen molar-refractivity contribution in [2.75, 3.05) is 39.8 Å². The zero-order valence-corrected chi connectivity index (χ0v) is 14.2. The number of amides is 1. The van der Waals surface area contributed by atoms with Crippen LogP contribution in [-0.4, -0.2) is 61.5 Å². The fourth-order valence-corrected chi connectivity index (χ4v) is 2.87.